The number of halogens is 1. The molecule has 2 fully saturated rings. The quantitative estimate of drug-likeness (QED) is 0.300. The van der Waals surface area contributed by atoms with Crippen molar-refractivity contribution in [2.24, 2.45) is 10.9 Å². The van der Waals surface area contributed by atoms with Crippen LogP contribution < -0.4 is 10.6 Å². The van der Waals surface area contributed by atoms with Crippen molar-refractivity contribution in [2.75, 3.05) is 53.5 Å². The minimum atomic E-state index is 0. The highest BCUT2D eigenvalue weighted by molar-refractivity contribution is 14.0. The molecule has 0 spiro atoms. The van der Waals surface area contributed by atoms with Gasteiger partial charge in [-0.15, -0.1) is 24.0 Å². The molecule has 1 atom stereocenters. The zero-order valence-electron chi connectivity index (χ0n) is 18.9. The highest BCUT2D eigenvalue weighted by atomic mass is 127. The average molecular weight is 543 g/mol. The number of hydrogen-bond acceptors (Lipinski definition) is 4. The Bertz CT molecular complexity index is 684. The second kappa shape index (κ2) is 13.9. The Kier molecular flexibility index (Phi) is 11.6. The number of amides is 1. The fraction of sp³-hybridized carbons (Fsp3) is 0.652. The molecular weight excluding hydrogens is 505 g/mol. The molecule has 7 nitrogen and oxygen atoms in total. The van der Waals surface area contributed by atoms with Crippen LogP contribution in [0.1, 0.15) is 36.8 Å². The summed E-state index contributed by atoms with van der Waals surface area (Å²) in [6.45, 7) is 6.69. The van der Waals surface area contributed by atoms with Crippen LogP contribution in [0.2, 0.25) is 0 Å². The minimum absolute atomic E-state index is 0. The summed E-state index contributed by atoms with van der Waals surface area (Å²) in [5, 5.41) is 6.53. The van der Waals surface area contributed by atoms with Crippen molar-refractivity contribution >= 4 is 35.8 Å². The van der Waals surface area contributed by atoms with Crippen molar-refractivity contribution in [1.29, 1.82) is 0 Å². The number of hydrogen-bond donors (Lipinski definition) is 2. The van der Waals surface area contributed by atoms with E-state index in [1.165, 1.54) is 43.5 Å². The molecule has 0 bridgehead atoms. The van der Waals surface area contributed by atoms with Gasteiger partial charge in [-0.2, -0.15) is 0 Å². The Balaban J connectivity index is 0.00000341. The second-order valence-electron chi connectivity index (χ2n) is 8.57. The van der Waals surface area contributed by atoms with Crippen LogP contribution in [-0.2, 0) is 22.6 Å². The van der Waals surface area contributed by atoms with Gasteiger partial charge in [-0.3, -0.25) is 9.69 Å². The van der Waals surface area contributed by atoms with E-state index >= 15 is 0 Å². The van der Waals surface area contributed by atoms with Crippen LogP contribution in [0, 0.1) is 5.92 Å². The van der Waals surface area contributed by atoms with Gasteiger partial charge >= 0.3 is 0 Å². The summed E-state index contributed by atoms with van der Waals surface area (Å²) in [4.78, 5) is 20.8. The predicted octanol–water partition coefficient (Wildman–Crippen LogP) is 2.45. The van der Waals surface area contributed by atoms with Gasteiger partial charge in [-0.1, -0.05) is 30.7 Å². The number of likely N-dealkylation sites (tertiary alicyclic amines) is 1. The molecule has 174 valence electrons. The lowest BCUT2D eigenvalue weighted by atomic mass is 10.1. The number of guanidine groups is 1. The molecule has 2 saturated heterocycles. The first-order valence-corrected chi connectivity index (χ1v) is 11.2. The van der Waals surface area contributed by atoms with E-state index in [4.69, 9.17) is 9.73 Å². The summed E-state index contributed by atoms with van der Waals surface area (Å²) in [6.07, 6.45) is 5.07. The maximum Gasteiger partial charge on any atom is 0.241 e. The Morgan fingerprint density at radius 3 is 2.48 bits per heavy atom. The van der Waals surface area contributed by atoms with Gasteiger partial charge in [-0.05, 0) is 43.5 Å². The topological polar surface area (TPSA) is 69.2 Å². The Morgan fingerprint density at radius 1 is 1.13 bits per heavy atom. The van der Waals surface area contributed by atoms with Crippen LogP contribution in [0.25, 0.3) is 0 Å². The molecule has 3 rings (SSSR count). The molecule has 8 heteroatoms. The first-order chi connectivity index (χ1) is 14.6. The van der Waals surface area contributed by atoms with E-state index in [2.05, 4.69) is 39.8 Å². The summed E-state index contributed by atoms with van der Waals surface area (Å²) >= 11 is 0. The van der Waals surface area contributed by atoms with Gasteiger partial charge in [0.25, 0.3) is 0 Å². The van der Waals surface area contributed by atoms with Crippen molar-refractivity contribution in [3.8, 4) is 0 Å². The molecule has 2 aliphatic rings. The Labute approximate surface area is 204 Å². The van der Waals surface area contributed by atoms with Crippen LogP contribution >= 0.6 is 24.0 Å². The Morgan fingerprint density at radius 2 is 1.84 bits per heavy atom. The van der Waals surface area contributed by atoms with E-state index < -0.39 is 0 Å². The van der Waals surface area contributed by atoms with Gasteiger partial charge in [0.1, 0.15) is 0 Å². The second-order valence-corrected chi connectivity index (χ2v) is 8.57. The number of rotatable bonds is 8. The van der Waals surface area contributed by atoms with E-state index in [0.29, 0.717) is 18.4 Å². The van der Waals surface area contributed by atoms with E-state index in [1.807, 2.05) is 0 Å². The number of carbonyl (C=O) groups excluding carboxylic acids is 1. The lowest BCUT2D eigenvalue weighted by molar-refractivity contribution is -0.127. The Hall–Kier alpha value is -1.39. The highest BCUT2D eigenvalue weighted by Crippen LogP contribution is 2.14. The minimum Gasteiger partial charge on any atom is -0.381 e. The number of piperidine rings is 1. The lowest BCUT2D eigenvalue weighted by Gasteiger charge is -2.26. The predicted molar refractivity (Wildman–Crippen MR) is 136 cm³/mol. The third-order valence-corrected chi connectivity index (χ3v) is 5.79. The summed E-state index contributed by atoms with van der Waals surface area (Å²) in [5.41, 5.74) is 2.53. The number of ether oxygens (including phenoxy) is 1. The molecule has 1 aromatic carbocycles. The molecule has 1 amide bonds. The van der Waals surface area contributed by atoms with Gasteiger partial charge in [0, 0.05) is 39.7 Å². The number of aliphatic imine (C=N–C) groups is 1. The standard InChI is InChI=1S/C23H37N5O2.HI/c1-27(2)22(29)16-26-23(25-15-21-10-13-30-18-21)24-14-19-6-8-20(9-7-19)17-28-11-4-3-5-12-28;/h6-9,21H,3-5,10-18H2,1-2H3,(H2,24,25,26);1H. The van der Waals surface area contributed by atoms with Crippen molar-refractivity contribution in [3.63, 3.8) is 0 Å². The number of carbonyl (C=O) groups is 1. The van der Waals surface area contributed by atoms with E-state index in [0.717, 1.165) is 32.7 Å². The van der Waals surface area contributed by atoms with Crippen LogP contribution in [0.3, 0.4) is 0 Å². The summed E-state index contributed by atoms with van der Waals surface area (Å²) in [7, 11) is 3.52. The van der Waals surface area contributed by atoms with E-state index in [9.17, 15) is 4.79 Å². The monoisotopic (exact) mass is 543 g/mol. The van der Waals surface area contributed by atoms with Crippen molar-refractivity contribution in [2.45, 2.75) is 38.8 Å². The number of likely N-dealkylation sites (N-methyl/N-ethyl adjacent to an activating group) is 1. The van der Waals surface area contributed by atoms with E-state index in [-0.39, 0.29) is 36.4 Å². The average Bonchev–Trinajstić information content (AvgIpc) is 3.28. The van der Waals surface area contributed by atoms with Crippen molar-refractivity contribution in [1.82, 2.24) is 20.4 Å². The smallest absolute Gasteiger partial charge is 0.241 e. The molecule has 0 saturated carbocycles. The highest BCUT2D eigenvalue weighted by Gasteiger charge is 2.16. The van der Waals surface area contributed by atoms with Crippen LogP contribution in [0.5, 0.6) is 0 Å². The number of nitrogens with zero attached hydrogens (tertiary/aromatic N) is 3. The molecule has 1 aromatic rings. The van der Waals surface area contributed by atoms with Gasteiger partial charge in [-0.25, -0.2) is 4.99 Å². The van der Waals surface area contributed by atoms with Crippen LogP contribution in [0.4, 0.5) is 0 Å². The SMILES string of the molecule is CN(C)C(=O)CNC(=NCc1ccc(CN2CCCCC2)cc1)NCC1CCOC1.I. The summed E-state index contributed by atoms with van der Waals surface area (Å²) < 4.78 is 5.45. The van der Waals surface area contributed by atoms with E-state index in [1.54, 1.807) is 19.0 Å². The zero-order valence-corrected chi connectivity index (χ0v) is 21.3. The van der Waals surface area contributed by atoms with Crippen molar-refractivity contribution < 1.29 is 9.53 Å². The van der Waals surface area contributed by atoms with Crippen LogP contribution in [-0.4, -0.2) is 75.2 Å². The van der Waals surface area contributed by atoms with Crippen LogP contribution in [0.15, 0.2) is 29.3 Å². The third kappa shape index (κ3) is 9.33. The number of benzene rings is 1. The maximum absolute atomic E-state index is 11.9. The molecule has 0 aromatic heterocycles. The first-order valence-electron chi connectivity index (χ1n) is 11.2. The maximum atomic E-state index is 11.9. The third-order valence-electron chi connectivity index (χ3n) is 5.79. The van der Waals surface area contributed by atoms with Crippen molar-refractivity contribution in [3.05, 3.63) is 35.4 Å². The fourth-order valence-corrected chi connectivity index (χ4v) is 3.77. The molecule has 2 aliphatic heterocycles. The molecule has 2 heterocycles. The van der Waals surface area contributed by atoms with Gasteiger partial charge in [0.15, 0.2) is 5.96 Å². The lowest BCUT2D eigenvalue weighted by Crippen LogP contribution is -2.44. The van der Waals surface area contributed by atoms with Gasteiger partial charge in [0.2, 0.25) is 5.91 Å². The van der Waals surface area contributed by atoms with Gasteiger partial charge < -0.3 is 20.3 Å². The molecular formula is C23H38IN5O2. The van der Waals surface area contributed by atoms with Gasteiger partial charge in [0.05, 0.1) is 19.7 Å². The summed E-state index contributed by atoms with van der Waals surface area (Å²) in [6, 6.07) is 8.75. The molecule has 2 N–H and O–H groups in total. The summed E-state index contributed by atoms with van der Waals surface area (Å²) in [5.74, 6) is 1.20. The first kappa shape index (κ1) is 25.9. The zero-order chi connectivity index (χ0) is 21.2. The largest absolute Gasteiger partial charge is 0.381 e. The molecule has 1 unspecified atom stereocenters. The normalized spacial score (nSPS) is 19.5. The molecule has 31 heavy (non-hydrogen) atoms. The number of nitrogens with one attached hydrogen (secondary N) is 2. The fourth-order valence-electron chi connectivity index (χ4n) is 3.77. The molecule has 0 radical (unpaired) electrons. The molecule has 0 aliphatic carbocycles.